The van der Waals surface area contributed by atoms with Crippen molar-refractivity contribution in [1.29, 1.82) is 5.26 Å². The van der Waals surface area contributed by atoms with Gasteiger partial charge in [0.05, 0.1) is 5.69 Å². The largest absolute Gasteiger partial charge is 0.321 e. The second kappa shape index (κ2) is 5.63. The third kappa shape index (κ3) is 3.18. The lowest BCUT2D eigenvalue weighted by Crippen LogP contribution is -2.12. The highest BCUT2D eigenvalue weighted by Gasteiger charge is 2.09. The van der Waals surface area contributed by atoms with E-state index in [-0.39, 0.29) is 11.6 Å². The van der Waals surface area contributed by atoms with Crippen molar-refractivity contribution in [2.45, 2.75) is 6.92 Å². The van der Waals surface area contributed by atoms with Gasteiger partial charge in [-0.15, -0.1) is 0 Å². The molecule has 19 heavy (non-hydrogen) atoms. The Bertz CT molecular complexity index is 677. The van der Waals surface area contributed by atoms with Crippen molar-refractivity contribution in [1.82, 2.24) is 4.98 Å². The number of benzene rings is 1. The Kier molecular flexibility index (Phi) is 3.93. The molecule has 5 heteroatoms. The molecule has 0 saturated heterocycles. The number of amides is 1. The van der Waals surface area contributed by atoms with E-state index in [0.717, 1.165) is 10.0 Å². The molecule has 0 aliphatic heterocycles. The van der Waals surface area contributed by atoms with Gasteiger partial charge in [0.25, 0.3) is 5.91 Å². The average Bonchev–Trinajstić information content (AvgIpc) is 2.42. The molecule has 0 atom stereocenters. The molecule has 0 aliphatic rings. The second-order valence-corrected chi connectivity index (χ2v) is 4.83. The van der Waals surface area contributed by atoms with Gasteiger partial charge in [-0.05, 0) is 52.7 Å². The first-order valence-electron chi connectivity index (χ1n) is 5.54. The molecular weight excluding hydrogens is 306 g/mol. The number of aromatic nitrogens is 1. The Balaban J connectivity index is 2.23. The molecule has 1 heterocycles. The Morgan fingerprint density at radius 3 is 2.84 bits per heavy atom. The van der Waals surface area contributed by atoms with Crippen molar-refractivity contribution >= 4 is 27.5 Å². The van der Waals surface area contributed by atoms with Crippen LogP contribution in [0.15, 0.2) is 41.0 Å². The van der Waals surface area contributed by atoms with Gasteiger partial charge >= 0.3 is 0 Å². The Hall–Kier alpha value is -2.19. The maximum absolute atomic E-state index is 12.1. The molecule has 2 aromatic rings. The maximum atomic E-state index is 12.1. The summed E-state index contributed by atoms with van der Waals surface area (Å²) in [6.45, 7) is 1.97. The van der Waals surface area contributed by atoms with Gasteiger partial charge in [0, 0.05) is 16.2 Å². The molecule has 0 fully saturated rings. The summed E-state index contributed by atoms with van der Waals surface area (Å²) in [5.41, 5.74) is 2.40. The number of rotatable bonds is 2. The SMILES string of the molecule is Cc1ccc(NC(=O)c2ccnc(C#N)c2)c(Br)c1. The molecule has 0 saturated carbocycles. The first-order valence-corrected chi connectivity index (χ1v) is 6.33. The summed E-state index contributed by atoms with van der Waals surface area (Å²) in [5, 5.41) is 11.5. The Labute approximate surface area is 119 Å². The van der Waals surface area contributed by atoms with Crippen LogP contribution in [-0.4, -0.2) is 10.9 Å². The van der Waals surface area contributed by atoms with Gasteiger partial charge in [-0.3, -0.25) is 4.79 Å². The molecular formula is C14H10BrN3O. The highest BCUT2D eigenvalue weighted by atomic mass is 79.9. The Morgan fingerprint density at radius 2 is 2.16 bits per heavy atom. The highest BCUT2D eigenvalue weighted by Crippen LogP contribution is 2.23. The van der Waals surface area contributed by atoms with E-state index in [9.17, 15) is 4.79 Å². The molecule has 1 amide bonds. The topological polar surface area (TPSA) is 65.8 Å². The molecule has 1 N–H and O–H groups in total. The van der Waals surface area contributed by atoms with Crippen LogP contribution in [0, 0.1) is 18.3 Å². The minimum atomic E-state index is -0.275. The normalized spacial score (nSPS) is 9.74. The van der Waals surface area contributed by atoms with Crippen LogP contribution >= 0.6 is 15.9 Å². The van der Waals surface area contributed by atoms with Gasteiger partial charge in [-0.25, -0.2) is 4.98 Å². The number of halogens is 1. The van der Waals surface area contributed by atoms with Gasteiger partial charge in [-0.1, -0.05) is 6.07 Å². The second-order valence-electron chi connectivity index (χ2n) is 3.98. The zero-order valence-electron chi connectivity index (χ0n) is 10.1. The van der Waals surface area contributed by atoms with Gasteiger partial charge in [-0.2, -0.15) is 5.26 Å². The van der Waals surface area contributed by atoms with Crippen molar-refractivity contribution in [2.24, 2.45) is 0 Å². The lowest BCUT2D eigenvalue weighted by atomic mass is 10.2. The maximum Gasteiger partial charge on any atom is 0.255 e. The molecule has 1 aromatic carbocycles. The summed E-state index contributed by atoms with van der Waals surface area (Å²) in [4.78, 5) is 15.9. The zero-order chi connectivity index (χ0) is 13.8. The number of hydrogen-bond donors (Lipinski definition) is 1. The fourth-order valence-electron chi connectivity index (χ4n) is 1.55. The van der Waals surface area contributed by atoms with E-state index in [1.54, 1.807) is 6.07 Å². The summed E-state index contributed by atoms with van der Waals surface area (Å²) in [5.74, 6) is -0.275. The van der Waals surface area contributed by atoms with E-state index in [4.69, 9.17) is 5.26 Å². The summed E-state index contributed by atoms with van der Waals surface area (Å²) in [6.07, 6.45) is 1.44. The monoisotopic (exact) mass is 315 g/mol. The lowest BCUT2D eigenvalue weighted by molar-refractivity contribution is 0.102. The number of nitrogens with one attached hydrogen (secondary N) is 1. The number of carbonyl (C=O) groups excluding carboxylic acids is 1. The van der Waals surface area contributed by atoms with E-state index in [1.807, 2.05) is 31.2 Å². The molecule has 0 aliphatic carbocycles. The molecule has 0 bridgehead atoms. The smallest absolute Gasteiger partial charge is 0.255 e. The van der Waals surface area contributed by atoms with Gasteiger partial charge in [0.1, 0.15) is 11.8 Å². The van der Waals surface area contributed by atoms with E-state index in [2.05, 4.69) is 26.2 Å². The van der Waals surface area contributed by atoms with Crippen LogP contribution in [0.5, 0.6) is 0 Å². The predicted octanol–water partition coefficient (Wildman–Crippen LogP) is 3.28. The third-order valence-corrected chi connectivity index (χ3v) is 3.17. The molecule has 1 aromatic heterocycles. The van der Waals surface area contributed by atoms with Crippen molar-refractivity contribution in [3.8, 4) is 6.07 Å². The van der Waals surface area contributed by atoms with Crippen molar-refractivity contribution in [3.63, 3.8) is 0 Å². The van der Waals surface area contributed by atoms with E-state index in [0.29, 0.717) is 11.3 Å². The quantitative estimate of drug-likeness (QED) is 0.924. The fourth-order valence-corrected chi connectivity index (χ4v) is 2.14. The third-order valence-electron chi connectivity index (χ3n) is 2.51. The molecule has 2 rings (SSSR count). The number of carbonyl (C=O) groups is 1. The molecule has 0 spiro atoms. The molecule has 4 nitrogen and oxygen atoms in total. The van der Waals surface area contributed by atoms with Gasteiger partial charge < -0.3 is 5.32 Å². The molecule has 0 radical (unpaired) electrons. The fraction of sp³-hybridized carbons (Fsp3) is 0.0714. The number of nitrogens with zero attached hydrogens (tertiary/aromatic N) is 2. The zero-order valence-corrected chi connectivity index (χ0v) is 11.7. The summed E-state index contributed by atoms with van der Waals surface area (Å²) >= 11 is 3.40. The van der Waals surface area contributed by atoms with Gasteiger partial charge in [0.15, 0.2) is 0 Å². The lowest BCUT2D eigenvalue weighted by Gasteiger charge is -2.08. The first-order chi connectivity index (χ1) is 9.10. The van der Waals surface area contributed by atoms with Crippen LogP contribution in [0.25, 0.3) is 0 Å². The number of anilines is 1. The predicted molar refractivity (Wildman–Crippen MR) is 75.8 cm³/mol. The average molecular weight is 316 g/mol. The standard InChI is InChI=1S/C14H10BrN3O/c1-9-2-3-13(12(15)6-9)18-14(19)10-4-5-17-11(7-10)8-16/h2-7H,1H3,(H,18,19). The first kappa shape index (κ1) is 13.2. The van der Waals surface area contributed by atoms with Crippen molar-refractivity contribution in [2.75, 3.05) is 5.32 Å². The van der Waals surface area contributed by atoms with Crippen LogP contribution in [0.3, 0.4) is 0 Å². The van der Waals surface area contributed by atoms with E-state index in [1.165, 1.54) is 12.3 Å². The van der Waals surface area contributed by atoms with Crippen molar-refractivity contribution in [3.05, 3.63) is 57.8 Å². The minimum absolute atomic E-state index is 0.218. The summed E-state index contributed by atoms with van der Waals surface area (Å²) in [6, 6.07) is 10.6. The Morgan fingerprint density at radius 1 is 1.37 bits per heavy atom. The molecule has 94 valence electrons. The van der Waals surface area contributed by atoms with E-state index < -0.39 is 0 Å². The summed E-state index contributed by atoms with van der Waals surface area (Å²) in [7, 11) is 0. The summed E-state index contributed by atoms with van der Waals surface area (Å²) < 4.78 is 0.815. The van der Waals surface area contributed by atoms with Gasteiger partial charge in [0.2, 0.25) is 0 Å². The number of aryl methyl sites for hydroxylation is 1. The van der Waals surface area contributed by atoms with E-state index >= 15 is 0 Å². The number of nitriles is 1. The minimum Gasteiger partial charge on any atom is -0.321 e. The van der Waals surface area contributed by atoms with Crippen LogP contribution in [0.2, 0.25) is 0 Å². The van der Waals surface area contributed by atoms with Crippen LogP contribution < -0.4 is 5.32 Å². The number of pyridine rings is 1. The number of hydrogen-bond acceptors (Lipinski definition) is 3. The highest BCUT2D eigenvalue weighted by molar-refractivity contribution is 9.10. The van der Waals surface area contributed by atoms with Crippen molar-refractivity contribution < 1.29 is 4.79 Å². The van der Waals surface area contributed by atoms with Crippen LogP contribution in [0.4, 0.5) is 5.69 Å². The van der Waals surface area contributed by atoms with Crippen LogP contribution in [0.1, 0.15) is 21.6 Å². The molecule has 0 unspecified atom stereocenters. The van der Waals surface area contributed by atoms with Crippen LogP contribution in [-0.2, 0) is 0 Å².